The number of hydrogen-bond acceptors (Lipinski definition) is 3. The van der Waals surface area contributed by atoms with Gasteiger partial charge in [0.1, 0.15) is 5.83 Å². The maximum atomic E-state index is 14.0. The zero-order chi connectivity index (χ0) is 16.0. The summed E-state index contributed by atoms with van der Waals surface area (Å²) in [6.07, 6.45) is 0.950. The predicted octanol–water partition coefficient (Wildman–Crippen LogP) is 3.41. The number of ether oxygens (including phenoxy) is 1. The van der Waals surface area contributed by atoms with Gasteiger partial charge in [0.15, 0.2) is 0 Å². The third kappa shape index (κ3) is 4.88. The lowest BCUT2D eigenvalue weighted by atomic mass is 9.96. The van der Waals surface area contributed by atoms with Gasteiger partial charge in [-0.3, -0.25) is 5.10 Å². The molecule has 0 aromatic carbocycles. The van der Waals surface area contributed by atoms with Gasteiger partial charge in [0.25, 0.3) is 0 Å². The molecule has 6 heteroatoms. The van der Waals surface area contributed by atoms with E-state index in [4.69, 9.17) is 0 Å². The van der Waals surface area contributed by atoms with Crippen molar-refractivity contribution in [3.8, 4) is 0 Å². The SMILES string of the molecule is COC(=O)NCC=C(F)Cc1c(C(C)C)n[nH]c1C(C)C. The van der Waals surface area contributed by atoms with Crippen molar-refractivity contribution in [1.82, 2.24) is 15.5 Å². The fraction of sp³-hybridized carbons (Fsp3) is 0.600. The average Bonchev–Trinajstić information content (AvgIpc) is 2.82. The van der Waals surface area contributed by atoms with Crippen LogP contribution in [0.4, 0.5) is 9.18 Å². The molecule has 0 aliphatic heterocycles. The molecule has 0 saturated heterocycles. The molecule has 1 rings (SSSR count). The number of aromatic nitrogens is 2. The Morgan fingerprint density at radius 2 is 2.05 bits per heavy atom. The molecule has 5 nitrogen and oxygen atoms in total. The Hall–Kier alpha value is -1.85. The molecule has 0 aliphatic carbocycles. The Balaban J connectivity index is 2.83. The lowest BCUT2D eigenvalue weighted by molar-refractivity contribution is 0.172. The van der Waals surface area contributed by atoms with Crippen molar-refractivity contribution in [3.63, 3.8) is 0 Å². The summed E-state index contributed by atoms with van der Waals surface area (Å²) in [5, 5.41) is 9.73. The van der Waals surface area contributed by atoms with Gasteiger partial charge in [-0.15, -0.1) is 0 Å². The molecule has 0 radical (unpaired) electrons. The smallest absolute Gasteiger partial charge is 0.407 e. The first kappa shape index (κ1) is 17.2. The fourth-order valence-corrected chi connectivity index (χ4v) is 2.09. The molecule has 0 bridgehead atoms. The Morgan fingerprint density at radius 3 is 2.57 bits per heavy atom. The van der Waals surface area contributed by atoms with E-state index in [9.17, 15) is 9.18 Å². The first-order valence-corrected chi connectivity index (χ1v) is 7.10. The van der Waals surface area contributed by atoms with Gasteiger partial charge in [0.05, 0.1) is 12.8 Å². The maximum Gasteiger partial charge on any atom is 0.407 e. The van der Waals surface area contributed by atoms with Crippen LogP contribution in [-0.4, -0.2) is 29.9 Å². The highest BCUT2D eigenvalue weighted by Gasteiger charge is 2.18. The second kappa shape index (κ2) is 7.81. The zero-order valence-corrected chi connectivity index (χ0v) is 13.3. The molecular weight excluding hydrogens is 273 g/mol. The van der Waals surface area contributed by atoms with Crippen LogP contribution < -0.4 is 5.32 Å². The molecule has 0 aliphatic rings. The monoisotopic (exact) mass is 297 g/mol. The molecule has 0 fully saturated rings. The second-order valence-corrected chi connectivity index (χ2v) is 5.51. The number of allylic oxidation sites excluding steroid dienone is 1. The largest absolute Gasteiger partial charge is 0.453 e. The minimum atomic E-state index is -0.576. The molecule has 0 atom stereocenters. The van der Waals surface area contributed by atoms with Gasteiger partial charge in [-0.2, -0.15) is 5.10 Å². The number of H-pyrrole nitrogens is 1. The van der Waals surface area contributed by atoms with Crippen LogP contribution in [0.25, 0.3) is 0 Å². The quantitative estimate of drug-likeness (QED) is 0.845. The average molecular weight is 297 g/mol. The molecule has 2 N–H and O–H groups in total. The highest BCUT2D eigenvalue weighted by molar-refractivity contribution is 5.67. The topological polar surface area (TPSA) is 67.0 Å². The maximum absolute atomic E-state index is 14.0. The second-order valence-electron chi connectivity index (χ2n) is 5.51. The minimum Gasteiger partial charge on any atom is -0.453 e. The number of methoxy groups -OCH3 is 1. The first-order chi connectivity index (χ1) is 9.86. The lowest BCUT2D eigenvalue weighted by Gasteiger charge is -2.09. The number of nitrogens with zero attached hydrogens (tertiary/aromatic N) is 1. The molecule has 1 heterocycles. The van der Waals surface area contributed by atoms with Crippen LogP contribution in [0, 0.1) is 0 Å². The minimum absolute atomic E-state index is 0.102. The Labute approximate surface area is 125 Å². The summed E-state index contributed by atoms with van der Waals surface area (Å²) < 4.78 is 18.5. The van der Waals surface area contributed by atoms with Crippen LogP contribution in [0.2, 0.25) is 0 Å². The van der Waals surface area contributed by atoms with E-state index in [1.165, 1.54) is 13.2 Å². The number of hydrogen-bond donors (Lipinski definition) is 2. The summed E-state index contributed by atoms with van der Waals surface area (Å²) in [5.41, 5.74) is 2.76. The number of nitrogens with one attached hydrogen (secondary N) is 2. The van der Waals surface area contributed by atoms with Crippen LogP contribution in [-0.2, 0) is 11.2 Å². The summed E-state index contributed by atoms with van der Waals surface area (Å²) in [6.45, 7) is 8.25. The molecule has 21 heavy (non-hydrogen) atoms. The van der Waals surface area contributed by atoms with Gasteiger partial charge < -0.3 is 10.1 Å². The summed E-state index contributed by atoms with van der Waals surface area (Å²) in [5.74, 6) is 0.183. The van der Waals surface area contributed by atoms with Crippen molar-refractivity contribution in [3.05, 3.63) is 28.9 Å². The molecule has 0 unspecified atom stereocenters. The molecule has 1 amide bonds. The van der Waals surface area contributed by atoms with Crippen LogP contribution >= 0.6 is 0 Å². The number of alkyl carbamates (subject to hydrolysis) is 1. The van der Waals surface area contributed by atoms with Crippen molar-refractivity contribution in [1.29, 1.82) is 0 Å². The molecule has 0 saturated carbocycles. The van der Waals surface area contributed by atoms with Crippen molar-refractivity contribution < 1.29 is 13.9 Å². The van der Waals surface area contributed by atoms with Crippen LogP contribution in [0.15, 0.2) is 11.9 Å². The van der Waals surface area contributed by atoms with Gasteiger partial charge in [-0.1, -0.05) is 27.7 Å². The number of halogens is 1. The number of aromatic amines is 1. The van der Waals surface area contributed by atoms with Gasteiger partial charge >= 0.3 is 6.09 Å². The first-order valence-electron chi connectivity index (χ1n) is 7.10. The van der Waals surface area contributed by atoms with E-state index >= 15 is 0 Å². The molecule has 1 aromatic rings. The number of carbonyl (C=O) groups excluding carboxylic acids is 1. The van der Waals surface area contributed by atoms with Crippen LogP contribution in [0.3, 0.4) is 0 Å². The number of amides is 1. The normalized spacial score (nSPS) is 12.1. The van der Waals surface area contributed by atoms with E-state index in [0.717, 1.165) is 17.0 Å². The van der Waals surface area contributed by atoms with Crippen molar-refractivity contribution in [2.75, 3.05) is 13.7 Å². The third-order valence-electron chi connectivity index (χ3n) is 3.16. The van der Waals surface area contributed by atoms with Gasteiger partial charge in [-0.25, -0.2) is 9.18 Å². The molecular formula is C15H24FN3O2. The van der Waals surface area contributed by atoms with E-state index in [1.807, 2.05) is 27.7 Å². The predicted molar refractivity (Wildman–Crippen MR) is 80.1 cm³/mol. The molecule has 0 spiro atoms. The van der Waals surface area contributed by atoms with Crippen molar-refractivity contribution in [2.45, 2.75) is 46.0 Å². The van der Waals surface area contributed by atoms with Crippen LogP contribution in [0.5, 0.6) is 0 Å². The standard InChI is InChI=1S/C15H24FN3O2/c1-9(2)13-12(14(10(3)4)19-18-13)8-11(16)6-7-17-15(20)21-5/h6,9-10H,7-8H2,1-5H3,(H,17,20)(H,18,19). The lowest BCUT2D eigenvalue weighted by Crippen LogP contribution is -2.23. The van der Waals surface area contributed by atoms with Gasteiger partial charge in [0, 0.05) is 24.2 Å². The summed E-state index contributed by atoms with van der Waals surface area (Å²) in [6, 6.07) is 0. The van der Waals surface area contributed by atoms with Crippen molar-refractivity contribution in [2.24, 2.45) is 0 Å². The highest BCUT2D eigenvalue weighted by atomic mass is 19.1. The fourth-order valence-electron chi connectivity index (χ4n) is 2.09. The zero-order valence-electron chi connectivity index (χ0n) is 13.3. The summed E-state index contributed by atoms with van der Waals surface area (Å²) in [7, 11) is 1.27. The van der Waals surface area contributed by atoms with E-state index in [0.29, 0.717) is 0 Å². The Kier molecular flexibility index (Phi) is 6.39. The van der Waals surface area contributed by atoms with E-state index < -0.39 is 6.09 Å². The van der Waals surface area contributed by atoms with Gasteiger partial charge in [0.2, 0.25) is 0 Å². The van der Waals surface area contributed by atoms with E-state index in [-0.39, 0.29) is 30.6 Å². The molecule has 1 aromatic heterocycles. The number of rotatable bonds is 6. The molecule has 118 valence electrons. The van der Waals surface area contributed by atoms with Crippen LogP contribution in [0.1, 0.15) is 56.5 Å². The van der Waals surface area contributed by atoms with Crippen molar-refractivity contribution >= 4 is 6.09 Å². The third-order valence-corrected chi connectivity index (χ3v) is 3.16. The Morgan fingerprint density at radius 1 is 1.38 bits per heavy atom. The van der Waals surface area contributed by atoms with E-state index in [1.54, 1.807) is 0 Å². The summed E-state index contributed by atoms with van der Waals surface area (Å²) >= 11 is 0. The summed E-state index contributed by atoms with van der Waals surface area (Å²) in [4.78, 5) is 10.9. The Bertz CT molecular complexity index is 482. The highest BCUT2D eigenvalue weighted by Crippen LogP contribution is 2.27. The van der Waals surface area contributed by atoms with Gasteiger partial charge in [-0.05, 0) is 17.9 Å². The number of carbonyl (C=O) groups is 1. The van der Waals surface area contributed by atoms with E-state index in [2.05, 4.69) is 20.3 Å².